The second-order valence-electron chi connectivity index (χ2n) is 2.19. The number of pyridine rings is 1. The number of aromatic nitrogens is 1. The second kappa shape index (κ2) is 3.44. The molecule has 1 aromatic rings. The topological polar surface area (TPSA) is 53.4 Å². The van der Waals surface area contributed by atoms with Crippen LogP contribution in [0.5, 0.6) is 5.75 Å². The Hall–Kier alpha value is -1.23. The second-order valence-corrected chi connectivity index (χ2v) is 2.19. The lowest BCUT2D eigenvalue weighted by atomic mass is 10.2. The molecule has 0 aliphatic carbocycles. The van der Waals surface area contributed by atoms with Gasteiger partial charge in [0, 0.05) is 6.20 Å². The van der Waals surface area contributed by atoms with Gasteiger partial charge < -0.3 is 10.2 Å². The van der Waals surface area contributed by atoms with Gasteiger partial charge in [0.2, 0.25) is 0 Å². The van der Waals surface area contributed by atoms with E-state index in [2.05, 4.69) is 4.98 Å². The maximum atomic E-state index is 11.9. The quantitative estimate of drug-likeness (QED) is 0.707. The van der Waals surface area contributed by atoms with Crippen molar-refractivity contribution in [3.05, 3.63) is 24.0 Å². The van der Waals surface area contributed by atoms with Crippen molar-refractivity contribution in [3.63, 3.8) is 0 Å². The van der Waals surface area contributed by atoms with Crippen LogP contribution in [0.3, 0.4) is 0 Å². The van der Waals surface area contributed by atoms with Crippen LogP contribution in [-0.2, 0) is 0 Å². The summed E-state index contributed by atoms with van der Waals surface area (Å²) in [5.41, 5.74) is -0.396. The van der Waals surface area contributed by atoms with Crippen LogP contribution in [0.4, 0.5) is 8.78 Å². The Labute approximate surface area is 67.3 Å². The lowest BCUT2D eigenvalue weighted by Crippen LogP contribution is -2.09. The third-order valence-electron chi connectivity index (χ3n) is 1.34. The van der Waals surface area contributed by atoms with Crippen molar-refractivity contribution in [1.82, 2.24) is 4.98 Å². The van der Waals surface area contributed by atoms with Crippen molar-refractivity contribution in [2.45, 2.75) is 12.5 Å². The molecule has 0 aliphatic rings. The van der Waals surface area contributed by atoms with Gasteiger partial charge in [-0.2, -0.15) is 0 Å². The number of halogens is 2. The van der Waals surface area contributed by atoms with Crippen LogP contribution in [0.2, 0.25) is 0 Å². The van der Waals surface area contributed by atoms with Crippen LogP contribution < -0.4 is 0 Å². The molecule has 0 saturated heterocycles. The minimum absolute atomic E-state index is 0.396. The minimum atomic E-state index is -2.94. The predicted octanol–water partition coefficient (Wildman–Crippen LogP) is 1.09. The lowest BCUT2D eigenvalue weighted by molar-refractivity contribution is -0.00950. The Kier molecular flexibility index (Phi) is 2.54. The fourth-order valence-corrected chi connectivity index (χ4v) is 0.756. The first-order chi connectivity index (χ1) is 5.63. The molecule has 0 spiro atoms. The van der Waals surface area contributed by atoms with E-state index < -0.39 is 24.0 Å². The SMILES string of the molecule is Oc1cccnc1C(O)C(F)F. The van der Waals surface area contributed by atoms with Crippen LogP contribution in [0.25, 0.3) is 0 Å². The van der Waals surface area contributed by atoms with Gasteiger partial charge in [0.25, 0.3) is 6.43 Å². The van der Waals surface area contributed by atoms with Crippen molar-refractivity contribution in [2.24, 2.45) is 0 Å². The average molecular weight is 175 g/mol. The van der Waals surface area contributed by atoms with Crippen molar-refractivity contribution >= 4 is 0 Å². The molecule has 0 bridgehead atoms. The summed E-state index contributed by atoms with van der Waals surface area (Å²) in [5.74, 6) is -0.426. The van der Waals surface area contributed by atoms with Gasteiger partial charge in [-0.05, 0) is 12.1 Å². The van der Waals surface area contributed by atoms with Gasteiger partial charge in [-0.3, -0.25) is 4.98 Å². The normalized spacial score (nSPS) is 13.3. The smallest absolute Gasteiger partial charge is 0.269 e. The van der Waals surface area contributed by atoms with Gasteiger partial charge in [0.05, 0.1) is 0 Å². The van der Waals surface area contributed by atoms with E-state index >= 15 is 0 Å². The van der Waals surface area contributed by atoms with Gasteiger partial charge in [-0.25, -0.2) is 8.78 Å². The molecule has 12 heavy (non-hydrogen) atoms. The van der Waals surface area contributed by atoms with Gasteiger partial charge in [0.1, 0.15) is 11.4 Å². The monoisotopic (exact) mass is 175 g/mol. The number of hydrogen-bond donors (Lipinski definition) is 2. The number of rotatable bonds is 2. The maximum absolute atomic E-state index is 11.9. The molecule has 0 aromatic carbocycles. The van der Waals surface area contributed by atoms with Crippen LogP contribution in [0, 0.1) is 0 Å². The van der Waals surface area contributed by atoms with Crippen LogP contribution in [0.1, 0.15) is 11.8 Å². The first-order valence-corrected chi connectivity index (χ1v) is 3.23. The van der Waals surface area contributed by atoms with Gasteiger partial charge in [-0.15, -0.1) is 0 Å². The van der Waals surface area contributed by atoms with Gasteiger partial charge >= 0.3 is 0 Å². The Morgan fingerprint density at radius 3 is 2.58 bits per heavy atom. The fourth-order valence-electron chi connectivity index (χ4n) is 0.756. The van der Waals surface area contributed by atoms with Crippen LogP contribution >= 0.6 is 0 Å². The molecular weight excluding hydrogens is 168 g/mol. The highest BCUT2D eigenvalue weighted by molar-refractivity contribution is 5.26. The minimum Gasteiger partial charge on any atom is -0.506 e. The third-order valence-corrected chi connectivity index (χ3v) is 1.34. The van der Waals surface area contributed by atoms with E-state index in [1.807, 2.05) is 0 Å². The number of aliphatic hydroxyl groups is 1. The van der Waals surface area contributed by atoms with Crippen molar-refractivity contribution in [1.29, 1.82) is 0 Å². The van der Waals surface area contributed by atoms with E-state index in [0.29, 0.717) is 0 Å². The van der Waals surface area contributed by atoms with Gasteiger partial charge in [0.15, 0.2) is 6.10 Å². The molecule has 3 nitrogen and oxygen atoms in total. The van der Waals surface area contributed by atoms with Crippen molar-refractivity contribution in [3.8, 4) is 5.75 Å². The lowest BCUT2D eigenvalue weighted by Gasteiger charge is -2.09. The molecule has 1 atom stereocenters. The Bertz CT molecular complexity index is 267. The average Bonchev–Trinajstić information content (AvgIpc) is 2.04. The third kappa shape index (κ3) is 1.68. The first-order valence-electron chi connectivity index (χ1n) is 3.23. The molecule has 5 heteroatoms. The highest BCUT2D eigenvalue weighted by atomic mass is 19.3. The first kappa shape index (κ1) is 8.86. The van der Waals surface area contributed by atoms with E-state index in [1.165, 1.54) is 18.3 Å². The van der Waals surface area contributed by atoms with Crippen molar-refractivity contribution < 1.29 is 19.0 Å². The number of aromatic hydroxyl groups is 1. The molecule has 1 rings (SSSR count). The number of hydrogen-bond acceptors (Lipinski definition) is 3. The van der Waals surface area contributed by atoms with E-state index in [-0.39, 0.29) is 0 Å². The van der Waals surface area contributed by atoms with Crippen LogP contribution in [0.15, 0.2) is 18.3 Å². The fraction of sp³-hybridized carbons (Fsp3) is 0.286. The summed E-state index contributed by atoms with van der Waals surface area (Å²) in [5, 5.41) is 17.8. The maximum Gasteiger partial charge on any atom is 0.269 e. The molecule has 2 N–H and O–H groups in total. The highest BCUT2D eigenvalue weighted by Crippen LogP contribution is 2.25. The molecule has 0 aliphatic heterocycles. The summed E-state index contributed by atoms with van der Waals surface area (Å²) >= 11 is 0. The zero-order valence-corrected chi connectivity index (χ0v) is 5.98. The van der Waals surface area contributed by atoms with E-state index in [4.69, 9.17) is 10.2 Å². The number of aliphatic hydroxyl groups excluding tert-OH is 1. The standard InChI is InChI=1S/C7H7F2NO2/c8-7(9)6(12)5-4(11)2-1-3-10-5/h1-3,6-7,11-12H. The molecule has 1 aromatic heterocycles. The largest absolute Gasteiger partial charge is 0.506 e. The zero-order chi connectivity index (χ0) is 9.14. The molecule has 0 amide bonds. The summed E-state index contributed by atoms with van der Waals surface area (Å²) in [6.45, 7) is 0. The van der Waals surface area contributed by atoms with E-state index in [0.717, 1.165) is 0 Å². The molecule has 66 valence electrons. The molecule has 1 heterocycles. The highest BCUT2D eigenvalue weighted by Gasteiger charge is 2.22. The molecule has 1 unspecified atom stereocenters. The molecule has 0 fully saturated rings. The summed E-state index contributed by atoms with van der Waals surface area (Å²) in [6, 6.07) is 2.57. The van der Waals surface area contributed by atoms with Gasteiger partial charge in [-0.1, -0.05) is 0 Å². The predicted molar refractivity (Wildman–Crippen MR) is 36.9 cm³/mol. The van der Waals surface area contributed by atoms with E-state index in [9.17, 15) is 8.78 Å². The number of alkyl halides is 2. The Morgan fingerprint density at radius 1 is 1.42 bits per heavy atom. The zero-order valence-electron chi connectivity index (χ0n) is 5.98. The number of nitrogens with zero attached hydrogens (tertiary/aromatic N) is 1. The van der Waals surface area contributed by atoms with Crippen molar-refractivity contribution in [2.75, 3.05) is 0 Å². The van der Waals surface area contributed by atoms with Crippen LogP contribution in [-0.4, -0.2) is 21.6 Å². The Balaban J connectivity index is 2.94. The summed E-state index contributed by atoms with van der Waals surface area (Å²) < 4.78 is 23.8. The summed E-state index contributed by atoms with van der Waals surface area (Å²) in [4.78, 5) is 3.42. The molecule has 0 saturated carbocycles. The van der Waals surface area contributed by atoms with E-state index in [1.54, 1.807) is 0 Å². The molecular formula is C7H7F2NO2. The Morgan fingerprint density at radius 2 is 2.08 bits per heavy atom. The summed E-state index contributed by atoms with van der Waals surface area (Å²) in [7, 11) is 0. The molecule has 0 radical (unpaired) electrons. The summed E-state index contributed by atoms with van der Waals surface area (Å²) in [6.07, 6.45) is -3.74.